The van der Waals surface area contributed by atoms with Crippen molar-refractivity contribution >= 4 is 0 Å². The number of aliphatic hydroxyl groups is 1. The Bertz CT molecular complexity index is 67.4. The van der Waals surface area contributed by atoms with Gasteiger partial charge < -0.3 is 9.84 Å². The van der Waals surface area contributed by atoms with Gasteiger partial charge in [0.2, 0.25) is 0 Å². The van der Waals surface area contributed by atoms with Crippen LogP contribution in [-0.4, -0.2) is 31.4 Å². The zero-order valence-electron chi connectivity index (χ0n) is 5.23. The zero-order valence-corrected chi connectivity index (χ0v) is 5.23. The van der Waals surface area contributed by atoms with E-state index >= 15 is 0 Å². The van der Waals surface area contributed by atoms with Gasteiger partial charge in [0, 0.05) is 20.1 Å². The third kappa shape index (κ3) is 4.29. The molecule has 0 amide bonds. The highest BCUT2D eigenvalue weighted by Gasteiger charge is 2.27. The van der Waals surface area contributed by atoms with E-state index in [1.165, 1.54) is 7.11 Å². The number of alkyl halides is 2. The maximum atomic E-state index is 12.1. The van der Waals surface area contributed by atoms with Gasteiger partial charge in [-0.15, -0.1) is 0 Å². The van der Waals surface area contributed by atoms with Crippen LogP contribution in [0, 0.1) is 0 Å². The first-order valence-corrected chi connectivity index (χ1v) is 2.60. The van der Waals surface area contributed by atoms with Crippen LogP contribution in [0.15, 0.2) is 0 Å². The van der Waals surface area contributed by atoms with E-state index in [4.69, 9.17) is 5.11 Å². The summed E-state index contributed by atoms with van der Waals surface area (Å²) in [6, 6.07) is 0. The molecule has 0 fully saturated rings. The number of halogens is 2. The molecule has 0 aromatic carbocycles. The summed E-state index contributed by atoms with van der Waals surface area (Å²) in [5.41, 5.74) is 0. The molecule has 0 saturated heterocycles. The number of hydrogen-bond donors (Lipinski definition) is 1. The summed E-state index contributed by atoms with van der Waals surface area (Å²) < 4.78 is 28.5. The van der Waals surface area contributed by atoms with E-state index in [0.717, 1.165) is 0 Å². The van der Waals surface area contributed by atoms with Crippen molar-refractivity contribution in [3.8, 4) is 0 Å². The standard InChI is InChI=1S/C5H10F2O2/c1-9-4-5(6,7)2-3-8/h8H,2-4H2,1H3. The quantitative estimate of drug-likeness (QED) is 0.621. The summed E-state index contributed by atoms with van der Waals surface area (Å²) in [4.78, 5) is 0. The van der Waals surface area contributed by atoms with Gasteiger partial charge in [0.25, 0.3) is 5.92 Å². The first kappa shape index (κ1) is 8.78. The molecule has 0 heterocycles. The predicted octanol–water partition coefficient (Wildman–Crippen LogP) is 0.651. The van der Waals surface area contributed by atoms with E-state index in [9.17, 15) is 8.78 Å². The molecule has 9 heavy (non-hydrogen) atoms. The fourth-order valence-corrected chi connectivity index (χ4v) is 0.447. The molecule has 0 radical (unpaired) electrons. The van der Waals surface area contributed by atoms with E-state index in [1.54, 1.807) is 0 Å². The van der Waals surface area contributed by atoms with Crippen LogP contribution in [0.1, 0.15) is 6.42 Å². The summed E-state index contributed by atoms with van der Waals surface area (Å²) in [5.74, 6) is -2.87. The highest BCUT2D eigenvalue weighted by Crippen LogP contribution is 2.16. The van der Waals surface area contributed by atoms with Gasteiger partial charge in [0.15, 0.2) is 0 Å². The van der Waals surface area contributed by atoms with Crippen LogP contribution in [0.5, 0.6) is 0 Å². The molecule has 0 aromatic rings. The van der Waals surface area contributed by atoms with E-state index in [-0.39, 0.29) is 0 Å². The van der Waals surface area contributed by atoms with Crippen LogP contribution >= 0.6 is 0 Å². The maximum Gasteiger partial charge on any atom is 0.273 e. The van der Waals surface area contributed by atoms with Gasteiger partial charge >= 0.3 is 0 Å². The molecule has 0 unspecified atom stereocenters. The van der Waals surface area contributed by atoms with E-state index in [0.29, 0.717) is 0 Å². The highest BCUT2D eigenvalue weighted by atomic mass is 19.3. The molecule has 56 valence electrons. The second-order valence-electron chi connectivity index (χ2n) is 1.76. The Balaban J connectivity index is 3.43. The van der Waals surface area contributed by atoms with Crippen LogP contribution in [0.3, 0.4) is 0 Å². The lowest BCUT2D eigenvalue weighted by Gasteiger charge is -2.12. The van der Waals surface area contributed by atoms with Gasteiger partial charge in [-0.25, -0.2) is 8.78 Å². The van der Waals surface area contributed by atoms with Gasteiger partial charge in [-0.3, -0.25) is 0 Å². The SMILES string of the molecule is COCC(F)(F)CCO. The molecule has 0 aliphatic heterocycles. The first-order valence-electron chi connectivity index (χ1n) is 2.60. The fraction of sp³-hybridized carbons (Fsp3) is 1.00. The maximum absolute atomic E-state index is 12.1. The molecule has 2 nitrogen and oxygen atoms in total. The molecule has 0 atom stereocenters. The van der Waals surface area contributed by atoms with Crippen LogP contribution < -0.4 is 0 Å². The Labute approximate surface area is 52.4 Å². The molecule has 1 N–H and O–H groups in total. The number of methoxy groups -OCH3 is 1. The van der Waals surface area contributed by atoms with Crippen LogP contribution in [-0.2, 0) is 4.74 Å². The van der Waals surface area contributed by atoms with E-state index in [1.807, 2.05) is 0 Å². The minimum absolute atomic E-state index is 0.504. The molecule has 4 heteroatoms. The molecule has 0 spiro atoms. The van der Waals surface area contributed by atoms with Crippen molar-refractivity contribution in [2.45, 2.75) is 12.3 Å². The van der Waals surface area contributed by atoms with Crippen LogP contribution in [0.2, 0.25) is 0 Å². The summed E-state index contributed by atoms with van der Waals surface area (Å²) in [5, 5.41) is 8.09. The molecule has 0 bridgehead atoms. The van der Waals surface area contributed by atoms with Crippen molar-refractivity contribution < 1.29 is 18.6 Å². The van der Waals surface area contributed by atoms with Crippen LogP contribution in [0.4, 0.5) is 8.78 Å². The van der Waals surface area contributed by atoms with Crippen molar-refractivity contribution in [3.05, 3.63) is 0 Å². The van der Waals surface area contributed by atoms with Crippen LogP contribution in [0.25, 0.3) is 0 Å². The lowest BCUT2D eigenvalue weighted by molar-refractivity contribution is -0.0776. The van der Waals surface area contributed by atoms with Gasteiger partial charge in [-0.1, -0.05) is 0 Å². The molecule has 0 saturated carbocycles. The van der Waals surface area contributed by atoms with Crippen molar-refractivity contribution in [1.29, 1.82) is 0 Å². The zero-order chi connectivity index (χ0) is 7.33. The second-order valence-corrected chi connectivity index (χ2v) is 1.76. The monoisotopic (exact) mass is 140 g/mol. The topological polar surface area (TPSA) is 29.5 Å². The lowest BCUT2D eigenvalue weighted by Crippen LogP contribution is -2.23. The number of aliphatic hydroxyl groups excluding tert-OH is 1. The number of ether oxygens (including phenoxy) is 1. The van der Waals surface area contributed by atoms with Crippen molar-refractivity contribution in [2.75, 3.05) is 20.3 Å². The molecule has 0 aliphatic carbocycles. The van der Waals surface area contributed by atoms with Crippen molar-refractivity contribution in [2.24, 2.45) is 0 Å². The highest BCUT2D eigenvalue weighted by molar-refractivity contribution is 4.62. The Kier molecular flexibility index (Phi) is 3.65. The average Bonchev–Trinajstić information content (AvgIpc) is 1.64. The molecular formula is C5H10F2O2. The smallest absolute Gasteiger partial charge is 0.273 e. The fourth-order valence-electron chi connectivity index (χ4n) is 0.447. The predicted molar refractivity (Wildman–Crippen MR) is 28.5 cm³/mol. The van der Waals surface area contributed by atoms with Crippen molar-refractivity contribution in [1.82, 2.24) is 0 Å². The summed E-state index contributed by atoms with van der Waals surface area (Å²) in [7, 11) is 1.20. The Morgan fingerprint density at radius 2 is 2.11 bits per heavy atom. The Morgan fingerprint density at radius 1 is 1.56 bits per heavy atom. The molecule has 0 aliphatic rings. The minimum atomic E-state index is -2.87. The summed E-state index contributed by atoms with van der Waals surface area (Å²) in [6.07, 6.45) is -0.527. The average molecular weight is 140 g/mol. The molecular weight excluding hydrogens is 130 g/mol. The summed E-state index contributed by atoms with van der Waals surface area (Å²) in [6.45, 7) is -1.12. The lowest BCUT2D eigenvalue weighted by atomic mass is 10.3. The third-order valence-corrected chi connectivity index (χ3v) is 0.833. The van der Waals surface area contributed by atoms with Gasteiger partial charge in [0.05, 0.1) is 0 Å². The van der Waals surface area contributed by atoms with Crippen molar-refractivity contribution in [3.63, 3.8) is 0 Å². The number of rotatable bonds is 4. The largest absolute Gasteiger partial charge is 0.396 e. The van der Waals surface area contributed by atoms with E-state index in [2.05, 4.69) is 4.74 Å². The normalized spacial score (nSPS) is 12.0. The van der Waals surface area contributed by atoms with Gasteiger partial charge in [-0.2, -0.15) is 0 Å². The van der Waals surface area contributed by atoms with E-state index < -0.39 is 25.6 Å². The minimum Gasteiger partial charge on any atom is -0.396 e. The number of hydrogen-bond acceptors (Lipinski definition) is 2. The molecule has 0 aromatic heterocycles. The Hall–Kier alpha value is -0.220. The summed E-state index contributed by atoms with van der Waals surface area (Å²) >= 11 is 0. The van der Waals surface area contributed by atoms with Gasteiger partial charge in [0.1, 0.15) is 6.61 Å². The van der Waals surface area contributed by atoms with Gasteiger partial charge in [-0.05, 0) is 0 Å². The Morgan fingerprint density at radius 3 is 2.44 bits per heavy atom. The molecule has 0 rings (SSSR count). The third-order valence-electron chi connectivity index (χ3n) is 0.833. The second kappa shape index (κ2) is 3.74. The first-order chi connectivity index (χ1) is 4.12.